The molecule has 8 heteroatoms. The summed E-state index contributed by atoms with van der Waals surface area (Å²) in [7, 11) is -3.74. The topological polar surface area (TPSA) is 76.3 Å². The zero-order valence-electron chi connectivity index (χ0n) is 11.0. The molecule has 0 aliphatic rings. The van der Waals surface area contributed by atoms with E-state index in [1.54, 1.807) is 13.8 Å². The summed E-state index contributed by atoms with van der Waals surface area (Å²) in [5.41, 5.74) is 6.32. The summed E-state index contributed by atoms with van der Waals surface area (Å²) in [5, 5.41) is 0.205. The van der Waals surface area contributed by atoms with Crippen molar-refractivity contribution in [3.63, 3.8) is 0 Å². The highest BCUT2D eigenvalue weighted by molar-refractivity contribution is 7.94. The fourth-order valence-corrected chi connectivity index (χ4v) is 4.71. The lowest BCUT2D eigenvalue weighted by Gasteiger charge is -2.22. The molecule has 0 spiro atoms. The van der Waals surface area contributed by atoms with Crippen LogP contribution in [0, 0.1) is 12.7 Å². The summed E-state index contributed by atoms with van der Waals surface area (Å²) in [4.78, 5) is 3.93. The molecule has 0 saturated carbocycles. The van der Waals surface area contributed by atoms with Crippen LogP contribution in [0.5, 0.6) is 0 Å². The third-order valence-corrected chi connectivity index (χ3v) is 6.17. The van der Waals surface area contributed by atoms with Crippen molar-refractivity contribution in [1.29, 1.82) is 0 Å². The first-order valence-corrected chi connectivity index (χ1v) is 8.13. The van der Waals surface area contributed by atoms with Crippen molar-refractivity contribution in [2.24, 2.45) is 0 Å². The summed E-state index contributed by atoms with van der Waals surface area (Å²) < 4.78 is 39.5. The minimum absolute atomic E-state index is 0.112. The zero-order valence-corrected chi connectivity index (χ0v) is 12.6. The van der Waals surface area contributed by atoms with Gasteiger partial charge >= 0.3 is 0 Å². The number of thiazole rings is 1. The van der Waals surface area contributed by atoms with Crippen LogP contribution in [0.15, 0.2) is 28.5 Å². The van der Waals surface area contributed by atoms with E-state index in [1.165, 1.54) is 28.6 Å². The zero-order chi connectivity index (χ0) is 14.9. The van der Waals surface area contributed by atoms with Crippen molar-refractivity contribution >= 4 is 32.2 Å². The van der Waals surface area contributed by atoms with Crippen LogP contribution in [0.4, 0.5) is 15.2 Å². The Kier molecular flexibility index (Phi) is 3.96. The van der Waals surface area contributed by atoms with Gasteiger partial charge in [-0.1, -0.05) is 11.3 Å². The molecule has 0 radical (unpaired) electrons. The molecule has 20 heavy (non-hydrogen) atoms. The van der Waals surface area contributed by atoms with Gasteiger partial charge in [-0.2, -0.15) is 0 Å². The van der Waals surface area contributed by atoms with Gasteiger partial charge in [-0.15, -0.1) is 0 Å². The molecule has 0 fully saturated rings. The van der Waals surface area contributed by atoms with E-state index in [9.17, 15) is 12.8 Å². The molecule has 1 aromatic carbocycles. The highest BCUT2D eigenvalue weighted by Crippen LogP contribution is 2.30. The Labute approximate surface area is 120 Å². The van der Waals surface area contributed by atoms with Crippen LogP contribution in [-0.2, 0) is 10.0 Å². The summed E-state index contributed by atoms with van der Waals surface area (Å²) in [5.74, 6) is -0.416. The Balaban J connectivity index is 2.50. The van der Waals surface area contributed by atoms with Crippen LogP contribution in [-0.4, -0.2) is 19.9 Å². The number of rotatable bonds is 4. The Morgan fingerprint density at radius 1 is 1.35 bits per heavy atom. The first kappa shape index (κ1) is 14.7. The fourth-order valence-electron chi connectivity index (χ4n) is 1.84. The van der Waals surface area contributed by atoms with E-state index in [0.29, 0.717) is 11.4 Å². The third-order valence-electron chi connectivity index (χ3n) is 2.70. The number of anilines is 2. The maximum absolute atomic E-state index is 12.9. The van der Waals surface area contributed by atoms with Gasteiger partial charge in [-0.3, -0.25) is 4.31 Å². The van der Waals surface area contributed by atoms with Gasteiger partial charge in [0.2, 0.25) is 0 Å². The maximum Gasteiger partial charge on any atom is 0.275 e. The fraction of sp³-hybridized carbons (Fsp3) is 0.250. The van der Waals surface area contributed by atoms with E-state index in [2.05, 4.69) is 4.98 Å². The van der Waals surface area contributed by atoms with Crippen LogP contribution >= 0.6 is 11.3 Å². The number of sulfonamides is 1. The normalized spacial score (nSPS) is 11.6. The van der Waals surface area contributed by atoms with Crippen molar-refractivity contribution in [2.75, 3.05) is 16.6 Å². The minimum atomic E-state index is -3.74. The molecule has 5 nitrogen and oxygen atoms in total. The minimum Gasteiger partial charge on any atom is -0.375 e. The van der Waals surface area contributed by atoms with Gasteiger partial charge in [0.05, 0.1) is 11.4 Å². The van der Waals surface area contributed by atoms with E-state index in [-0.39, 0.29) is 15.9 Å². The lowest BCUT2D eigenvalue weighted by molar-refractivity contribution is 0.592. The molecule has 0 atom stereocenters. The number of halogens is 1. The van der Waals surface area contributed by atoms with Crippen molar-refractivity contribution < 1.29 is 12.8 Å². The molecule has 0 aliphatic carbocycles. The van der Waals surface area contributed by atoms with E-state index >= 15 is 0 Å². The van der Waals surface area contributed by atoms with Crippen LogP contribution in [0.25, 0.3) is 0 Å². The first-order valence-electron chi connectivity index (χ1n) is 5.87. The van der Waals surface area contributed by atoms with Crippen LogP contribution < -0.4 is 10.0 Å². The molecule has 2 N–H and O–H groups in total. The van der Waals surface area contributed by atoms with Gasteiger partial charge in [0, 0.05) is 6.54 Å². The van der Waals surface area contributed by atoms with Crippen molar-refractivity contribution in [2.45, 2.75) is 18.1 Å². The Bertz CT molecular complexity index is 711. The van der Waals surface area contributed by atoms with Crippen LogP contribution in [0.3, 0.4) is 0 Å². The van der Waals surface area contributed by atoms with E-state index < -0.39 is 15.8 Å². The number of nitrogens with two attached hydrogens (primary N) is 1. The SMILES string of the molecule is CCN(c1ccc(F)cc1)S(=O)(=O)c1sc(N)nc1C. The molecule has 0 saturated heterocycles. The van der Waals surface area contributed by atoms with E-state index in [0.717, 1.165) is 11.3 Å². The highest BCUT2D eigenvalue weighted by Gasteiger charge is 2.28. The molecule has 1 heterocycles. The third kappa shape index (κ3) is 2.61. The van der Waals surface area contributed by atoms with Crippen LogP contribution in [0.2, 0.25) is 0 Å². The standard InChI is InChI=1S/C12H14FN3O2S2/c1-3-16(10-6-4-9(13)5-7-10)20(17,18)11-8(2)15-12(14)19-11/h4-7H,3H2,1-2H3,(H2,14,15). The number of aromatic nitrogens is 1. The van der Waals surface area contributed by atoms with Gasteiger partial charge in [0.1, 0.15) is 5.82 Å². The molecule has 0 bridgehead atoms. The molecule has 2 aromatic rings. The van der Waals surface area contributed by atoms with Gasteiger partial charge in [0.25, 0.3) is 10.0 Å². The van der Waals surface area contributed by atoms with E-state index in [4.69, 9.17) is 5.73 Å². The molecule has 0 amide bonds. The summed E-state index contributed by atoms with van der Waals surface area (Å²) in [6.07, 6.45) is 0. The van der Waals surface area contributed by atoms with Crippen molar-refractivity contribution in [3.05, 3.63) is 35.8 Å². The van der Waals surface area contributed by atoms with Gasteiger partial charge < -0.3 is 5.73 Å². The second-order valence-corrected chi connectivity index (χ2v) is 7.16. The first-order chi connectivity index (χ1) is 9.36. The quantitative estimate of drug-likeness (QED) is 0.940. The second kappa shape index (κ2) is 5.37. The number of benzene rings is 1. The maximum atomic E-state index is 12.9. The molecule has 0 aliphatic heterocycles. The van der Waals surface area contributed by atoms with Crippen molar-refractivity contribution in [3.8, 4) is 0 Å². The Hall–Kier alpha value is -1.67. The highest BCUT2D eigenvalue weighted by atomic mass is 32.2. The summed E-state index contributed by atoms with van der Waals surface area (Å²) in [6, 6.07) is 5.30. The second-order valence-electron chi connectivity index (χ2n) is 4.07. The van der Waals surface area contributed by atoms with E-state index in [1.807, 2.05) is 0 Å². The molecule has 2 rings (SSSR count). The van der Waals surface area contributed by atoms with Gasteiger partial charge in [0.15, 0.2) is 9.34 Å². The molecule has 1 aromatic heterocycles. The molecule has 108 valence electrons. The lowest BCUT2D eigenvalue weighted by atomic mass is 10.3. The number of nitrogen functional groups attached to an aromatic ring is 1. The number of hydrogen-bond donors (Lipinski definition) is 1. The predicted molar refractivity (Wildman–Crippen MR) is 77.9 cm³/mol. The monoisotopic (exact) mass is 315 g/mol. The number of hydrogen-bond acceptors (Lipinski definition) is 5. The van der Waals surface area contributed by atoms with Gasteiger partial charge in [-0.25, -0.2) is 17.8 Å². The molecule has 0 unspecified atom stereocenters. The van der Waals surface area contributed by atoms with Crippen molar-refractivity contribution in [1.82, 2.24) is 4.98 Å². The van der Waals surface area contributed by atoms with Crippen LogP contribution in [0.1, 0.15) is 12.6 Å². The summed E-state index contributed by atoms with van der Waals surface area (Å²) >= 11 is 0.926. The summed E-state index contributed by atoms with van der Waals surface area (Å²) in [6.45, 7) is 3.53. The molecular weight excluding hydrogens is 301 g/mol. The Morgan fingerprint density at radius 2 is 1.95 bits per heavy atom. The largest absolute Gasteiger partial charge is 0.375 e. The smallest absolute Gasteiger partial charge is 0.275 e. The lowest BCUT2D eigenvalue weighted by Crippen LogP contribution is -2.30. The Morgan fingerprint density at radius 3 is 2.40 bits per heavy atom. The average molecular weight is 315 g/mol. The number of nitrogens with zero attached hydrogens (tertiary/aromatic N) is 2. The molecular formula is C12H14FN3O2S2. The number of aryl methyl sites for hydroxylation is 1. The van der Waals surface area contributed by atoms with Gasteiger partial charge in [-0.05, 0) is 38.1 Å². The average Bonchev–Trinajstić information content (AvgIpc) is 2.72. The predicted octanol–water partition coefficient (Wildman–Crippen LogP) is 2.39.